The molecule has 0 aromatic heterocycles. The monoisotopic (exact) mass is 278 g/mol. The van der Waals surface area contributed by atoms with Crippen LogP contribution < -0.4 is 5.73 Å². The summed E-state index contributed by atoms with van der Waals surface area (Å²) in [6.07, 6.45) is -5.59. The van der Waals surface area contributed by atoms with Gasteiger partial charge in [0.1, 0.15) is 5.25 Å². The largest absolute Gasteiger partial charge is 0.392 e. The van der Waals surface area contributed by atoms with Crippen molar-refractivity contribution in [2.75, 3.05) is 13.6 Å². The van der Waals surface area contributed by atoms with Gasteiger partial charge in [-0.05, 0) is 6.92 Å². The van der Waals surface area contributed by atoms with E-state index in [4.69, 9.17) is 5.73 Å². The quantitative estimate of drug-likeness (QED) is 0.758. The van der Waals surface area contributed by atoms with Gasteiger partial charge in [-0.25, -0.2) is 12.7 Å². The summed E-state index contributed by atoms with van der Waals surface area (Å²) in [5.41, 5.74) is 5.15. The molecule has 0 saturated carbocycles. The van der Waals surface area contributed by atoms with E-state index < -0.39 is 34.4 Å². The number of nitrogens with zero attached hydrogens (tertiary/aromatic N) is 1. The highest BCUT2D eigenvalue weighted by atomic mass is 32.2. The fraction of sp³-hybridized carbons (Fsp3) is 0.857. The van der Waals surface area contributed by atoms with Gasteiger partial charge < -0.3 is 5.73 Å². The summed E-state index contributed by atoms with van der Waals surface area (Å²) in [5.74, 6) is 0. The summed E-state index contributed by atoms with van der Waals surface area (Å²) < 4.78 is 59.5. The molecule has 96 valence electrons. The third kappa shape index (κ3) is 4.62. The Bertz CT molecular complexity index is 353. The third-order valence-electron chi connectivity index (χ3n) is 1.99. The van der Waals surface area contributed by atoms with E-state index in [0.717, 1.165) is 7.05 Å². The van der Waals surface area contributed by atoms with Crippen LogP contribution in [0.2, 0.25) is 0 Å². The molecule has 0 heterocycles. The van der Waals surface area contributed by atoms with Gasteiger partial charge in [0.05, 0.1) is 11.4 Å². The molecule has 0 bridgehead atoms. The van der Waals surface area contributed by atoms with E-state index >= 15 is 0 Å². The molecule has 0 rings (SSSR count). The molecule has 0 radical (unpaired) electrons. The van der Waals surface area contributed by atoms with Crippen LogP contribution >= 0.6 is 12.2 Å². The predicted molar refractivity (Wildman–Crippen MR) is 58.5 cm³/mol. The minimum Gasteiger partial charge on any atom is -0.392 e. The molecule has 0 aliphatic heterocycles. The zero-order valence-electron chi connectivity index (χ0n) is 8.78. The Hall–Kier alpha value is -0.410. The molecule has 0 aliphatic rings. The van der Waals surface area contributed by atoms with Gasteiger partial charge in [-0.15, -0.1) is 0 Å². The number of nitrogens with two attached hydrogens (primary N) is 1. The fourth-order valence-electron chi connectivity index (χ4n) is 0.828. The van der Waals surface area contributed by atoms with Gasteiger partial charge in [0.15, 0.2) is 0 Å². The zero-order valence-corrected chi connectivity index (χ0v) is 10.4. The lowest BCUT2D eigenvalue weighted by atomic mass is 10.4. The maximum atomic E-state index is 11.9. The van der Waals surface area contributed by atoms with Crippen LogP contribution in [0.15, 0.2) is 0 Å². The molecule has 16 heavy (non-hydrogen) atoms. The second-order valence-corrected chi connectivity index (χ2v) is 6.11. The first kappa shape index (κ1) is 15.6. The highest BCUT2D eigenvalue weighted by Gasteiger charge is 2.32. The maximum absolute atomic E-state index is 11.9. The topological polar surface area (TPSA) is 63.4 Å². The number of rotatable bonds is 5. The first-order valence-electron chi connectivity index (χ1n) is 4.29. The highest BCUT2D eigenvalue weighted by Crippen LogP contribution is 2.20. The molecule has 2 N–H and O–H groups in total. The first-order valence-corrected chi connectivity index (χ1v) is 6.21. The number of thiocarbonyl (C=S) groups is 1. The Morgan fingerprint density at radius 1 is 1.50 bits per heavy atom. The Balaban J connectivity index is 4.61. The molecule has 0 spiro atoms. The molecular formula is C7H13F3N2O2S2. The Kier molecular flexibility index (Phi) is 5.15. The van der Waals surface area contributed by atoms with Gasteiger partial charge in [0.2, 0.25) is 10.0 Å². The Morgan fingerprint density at radius 3 is 2.25 bits per heavy atom. The van der Waals surface area contributed by atoms with E-state index in [0.29, 0.717) is 4.31 Å². The maximum Gasteiger partial charge on any atom is 0.390 e. The number of halogens is 3. The van der Waals surface area contributed by atoms with E-state index in [1.165, 1.54) is 6.92 Å². The number of hydrogen-bond donors (Lipinski definition) is 1. The third-order valence-corrected chi connectivity index (χ3v) is 4.69. The van der Waals surface area contributed by atoms with E-state index in [-0.39, 0.29) is 4.99 Å². The van der Waals surface area contributed by atoms with Crippen LogP contribution in [0.1, 0.15) is 13.3 Å². The van der Waals surface area contributed by atoms with Crippen LogP contribution in [-0.4, -0.2) is 42.7 Å². The lowest BCUT2D eigenvalue weighted by molar-refractivity contribution is -0.135. The van der Waals surface area contributed by atoms with Crippen molar-refractivity contribution in [2.24, 2.45) is 5.73 Å². The molecule has 0 fully saturated rings. The van der Waals surface area contributed by atoms with Crippen LogP contribution in [0.25, 0.3) is 0 Å². The second-order valence-electron chi connectivity index (χ2n) is 3.28. The molecule has 0 aromatic carbocycles. The van der Waals surface area contributed by atoms with Crippen molar-refractivity contribution >= 4 is 27.2 Å². The van der Waals surface area contributed by atoms with Crippen molar-refractivity contribution in [2.45, 2.75) is 24.8 Å². The lowest BCUT2D eigenvalue weighted by Gasteiger charge is -2.21. The number of sulfonamides is 1. The van der Waals surface area contributed by atoms with Crippen molar-refractivity contribution < 1.29 is 21.6 Å². The van der Waals surface area contributed by atoms with Crippen LogP contribution in [-0.2, 0) is 10.0 Å². The van der Waals surface area contributed by atoms with Gasteiger partial charge in [-0.1, -0.05) is 12.2 Å². The van der Waals surface area contributed by atoms with Gasteiger partial charge in [0, 0.05) is 13.6 Å². The average molecular weight is 278 g/mol. The molecule has 4 nitrogen and oxygen atoms in total. The Labute approximate surface area is 97.6 Å². The predicted octanol–water partition coefficient (Wildman–Crippen LogP) is 0.875. The summed E-state index contributed by atoms with van der Waals surface area (Å²) in [4.78, 5) is -0.265. The molecule has 0 amide bonds. The fourth-order valence-corrected chi connectivity index (χ4v) is 2.37. The molecule has 1 unspecified atom stereocenters. The van der Waals surface area contributed by atoms with Gasteiger partial charge in [-0.3, -0.25) is 0 Å². The van der Waals surface area contributed by atoms with E-state index in [1.807, 2.05) is 0 Å². The van der Waals surface area contributed by atoms with Gasteiger partial charge >= 0.3 is 6.18 Å². The highest BCUT2D eigenvalue weighted by molar-refractivity contribution is 7.92. The average Bonchev–Trinajstić information content (AvgIpc) is 2.11. The summed E-state index contributed by atoms with van der Waals surface area (Å²) in [6, 6.07) is 0. The molecule has 0 aromatic rings. The minimum atomic E-state index is -4.39. The minimum absolute atomic E-state index is 0.265. The summed E-state index contributed by atoms with van der Waals surface area (Å²) >= 11 is 4.49. The Morgan fingerprint density at radius 2 is 1.94 bits per heavy atom. The van der Waals surface area contributed by atoms with E-state index in [1.54, 1.807) is 0 Å². The van der Waals surface area contributed by atoms with Crippen molar-refractivity contribution in [3.8, 4) is 0 Å². The van der Waals surface area contributed by atoms with Crippen molar-refractivity contribution in [3.63, 3.8) is 0 Å². The van der Waals surface area contributed by atoms with Crippen molar-refractivity contribution in [3.05, 3.63) is 0 Å². The lowest BCUT2D eigenvalue weighted by Crippen LogP contribution is -2.42. The molecule has 9 heteroatoms. The second kappa shape index (κ2) is 5.28. The van der Waals surface area contributed by atoms with Crippen molar-refractivity contribution in [1.82, 2.24) is 4.31 Å². The molecule has 0 aliphatic carbocycles. The van der Waals surface area contributed by atoms with Crippen LogP contribution in [0.4, 0.5) is 13.2 Å². The molecular weight excluding hydrogens is 265 g/mol. The standard InChI is InChI=1S/C7H13F3N2O2S2/c1-5(6(11)15)16(13,14)12(2)4-3-7(8,9)10/h5H,3-4H2,1-2H3,(H2,11,15). The summed E-state index contributed by atoms with van der Waals surface area (Å²) in [5, 5.41) is -1.17. The normalized spacial score (nSPS) is 15.1. The SMILES string of the molecule is CC(C(N)=S)S(=O)(=O)N(C)CCC(F)(F)F. The number of alkyl halides is 3. The van der Waals surface area contributed by atoms with Gasteiger partial charge in [-0.2, -0.15) is 13.2 Å². The van der Waals surface area contributed by atoms with Crippen molar-refractivity contribution in [1.29, 1.82) is 0 Å². The molecule has 1 atom stereocenters. The van der Waals surface area contributed by atoms with E-state index in [9.17, 15) is 21.6 Å². The first-order chi connectivity index (χ1) is 6.98. The smallest absolute Gasteiger partial charge is 0.390 e. The van der Waals surface area contributed by atoms with Crippen LogP contribution in [0.3, 0.4) is 0 Å². The zero-order chi connectivity index (χ0) is 13.1. The number of hydrogen-bond acceptors (Lipinski definition) is 3. The summed E-state index contributed by atoms with van der Waals surface area (Å²) in [7, 11) is -2.83. The van der Waals surface area contributed by atoms with Crippen LogP contribution in [0.5, 0.6) is 0 Å². The summed E-state index contributed by atoms with van der Waals surface area (Å²) in [6.45, 7) is 0.598. The van der Waals surface area contributed by atoms with Gasteiger partial charge in [0.25, 0.3) is 0 Å². The van der Waals surface area contributed by atoms with Crippen LogP contribution in [0, 0.1) is 0 Å². The molecule has 0 saturated heterocycles. The van der Waals surface area contributed by atoms with E-state index in [2.05, 4.69) is 12.2 Å².